The third-order valence-corrected chi connectivity index (χ3v) is 4.33. The molecule has 0 spiro atoms. The summed E-state index contributed by atoms with van der Waals surface area (Å²) in [7, 11) is 0. The summed E-state index contributed by atoms with van der Waals surface area (Å²) in [5.74, 6) is -0.838. The molecule has 0 saturated carbocycles. The molecule has 0 aromatic heterocycles. The fraction of sp³-hybridized carbons (Fsp3) is 0.316. The molecule has 126 valence electrons. The highest BCUT2D eigenvalue weighted by Crippen LogP contribution is 2.25. The number of carbonyl (C=O) groups excluding carboxylic acids is 3. The van der Waals surface area contributed by atoms with Crippen LogP contribution in [0, 0.1) is 0 Å². The van der Waals surface area contributed by atoms with E-state index in [0.717, 1.165) is 22.6 Å². The van der Waals surface area contributed by atoms with Gasteiger partial charge in [-0.25, -0.2) is 0 Å². The zero-order valence-electron chi connectivity index (χ0n) is 13.8. The molecular weight excluding hydrogens is 304 g/mol. The van der Waals surface area contributed by atoms with Gasteiger partial charge in [0.2, 0.25) is 11.8 Å². The number of rotatable bonds is 1. The monoisotopic (exact) mass is 326 g/mol. The summed E-state index contributed by atoms with van der Waals surface area (Å²) in [6.45, 7) is 4.00. The van der Waals surface area contributed by atoms with Crippen LogP contribution in [0.3, 0.4) is 0 Å². The standard InChI is InChI=1S/C17H14N2O3.C2H6.H2/c20-14-9-8-13(16(21)18-14)19-12-7-2-1-4-10-5-3-6-11(15(10)12)17(19)22;1-2;/h2-7,13H,1,8-9H2,(H,18,20,21);1-2H3;1H. The maximum atomic E-state index is 12.8. The van der Waals surface area contributed by atoms with Crippen molar-refractivity contribution in [3.05, 3.63) is 46.4 Å². The molecule has 1 unspecified atom stereocenters. The van der Waals surface area contributed by atoms with Gasteiger partial charge in [0.1, 0.15) is 6.04 Å². The summed E-state index contributed by atoms with van der Waals surface area (Å²) in [5, 5.41) is 4.24. The van der Waals surface area contributed by atoms with Gasteiger partial charge in [-0.15, -0.1) is 0 Å². The Morgan fingerprint density at radius 2 is 2.00 bits per heavy atom. The van der Waals surface area contributed by atoms with Gasteiger partial charge in [-0.1, -0.05) is 38.1 Å². The lowest BCUT2D eigenvalue weighted by Crippen LogP contribution is -2.52. The van der Waals surface area contributed by atoms with Crippen molar-refractivity contribution >= 4 is 29.5 Å². The number of carbonyl (C=O) groups is 3. The topological polar surface area (TPSA) is 66.5 Å². The fourth-order valence-electron chi connectivity index (χ4n) is 3.34. The Labute approximate surface area is 141 Å². The van der Waals surface area contributed by atoms with Crippen LogP contribution < -0.4 is 15.8 Å². The second-order valence-corrected chi connectivity index (χ2v) is 5.64. The molecule has 1 fully saturated rings. The zero-order chi connectivity index (χ0) is 17.3. The molecule has 24 heavy (non-hydrogen) atoms. The molecule has 1 N–H and O–H groups in total. The van der Waals surface area contributed by atoms with E-state index in [1.54, 1.807) is 11.0 Å². The molecule has 1 aromatic carbocycles. The second-order valence-electron chi connectivity index (χ2n) is 5.64. The smallest absolute Gasteiger partial charge is 0.259 e. The van der Waals surface area contributed by atoms with Crippen molar-refractivity contribution in [3.63, 3.8) is 0 Å². The minimum atomic E-state index is -0.622. The number of imide groups is 1. The first kappa shape index (κ1) is 16.2. The van der Waals surface area contributed by atoms with Crippen molar-refractivity contribution in [1.29, 1.82) is 0 Å². The van der Waals surface area contributed by atoms with E-state index in [-0.39, 0.29) is 19.7 Å². The van der Waals surface area contributed by atoms with Gasteiger partial charge in [0.25, 0.3) is 5.91 Å². The molecule has 3 amide bonds. The largest absolute Gasteiger partial charge is 0.295 e. The molecule has 1 saturated heterocycles. The molecule has 0 bridgehead atoms. The predicted molar refractivity (Wildman–Crippen MR) is 93.1 cm³/mol. The normalized spacial score (nSPS) is 21.4. The van der Waals surface area contributed by atoms with Crippen LogP contribution in [0.2, 0.25) is 0 Å². The van der Waals surface area contributed by atoms with Gasteiger partial charge in [0.15, 0.2) is 0 Å². The number of nitrogens with zero attached hydrogens (tertiary/aromatic N) is 1. The van der Waals surface area contributed by atoms with Crippen LogP contribution in [0.1, 0.15) is 44.9 Å². The number of nitrogens with one attached hydrogen (secondary N) is 1. The van der Waals surface area contributed by atoms with Gasteiger partial charge in [-0.05, 0) is 30.2 Å². The Morgan fingerprint density at radius 3 is 2.75 bits per heavy atom. The van der Waals surface area contributed by atoms with Crippen molar-refractivity contribution in [1.82, 2.24) is 10.2 Å². The van der Waals surface area contributed by atoms with E-state index in [9.17, 15) is 14.4 Å². The lowest BCUT2D eigenvalue weighted by molar-refractivity contribution is -0.136. The molecule has 4 rings (SSSR count). The fourth-order valence-corrected chi connectivity index (χ4v) is 3.34. The summed E-state index contributed by atoms with van der Waals surface area (Å²) in [4.78, 5) is 37.8. The molecule has 3 aliphatic rings. The van der Waals surface area contributed by atoms with Gasteiger partial charge in [0, 0.05) is 18.6 Å². The number of benzene rings is 1. The van der Waals surface area contributed by atoms with Crippen LogP contribution in [-0.2, 0) is 9.59 Å². The number of hydrogen-bond acceptors (Lipinski definition) is 3. The van der Waals surface area contributed by atoms with Crippen LogP contribution in [-0.4, -0.2) is 28.7 Å². The minimum Gasteiger partial charge on any atom is -0.295 e. The first-order chi connectivity index (χ1) is 11.7. The van der Waals surface area contributed by atoms with E-state index in [4.69, 9.17) is 0 Å². The summed E-state index contributed by atoms with van der Waals surface area (Å²) in [6, 6.07) is 5.01. The number of amides is 3. The Kier molecular flexibility index (Phi) is 4.34. The molecule has 1 aromatic rings. The van der Waals surface area contributed by atoms with Crippen LogP contribution in [0.5, 0.6) is 0 Å². The summed E-state index contributed by atoms with van der Waals surface area (Å²) >= 11 is 0. The van der Waals surface area contributed by atoms with Crippen LogP contribution in [0.4, 0.5) is 0 Å². The van der Waals surface area contributed by atoms with E-state index < -0.39 is 11.9 Å². The van der Waals surface area contributed by atoms with E-state index in [0.29, 0.717) is 12.0 Å². The van der Waals surface area contributed by atoms with E-state index in [2.05, 4.69) is 11.4 Å². The summed E-state index contributed by atoms with van der Waals surface area (Å²) in [6.07, 6.45) is 7.37. The van der Waals surface area contributed by atoms with Crippen LogP contribution in [0.15, 0.2) is 30.4 Å². The number of allylic oxidation sites excluding steroid dienone is 1. The highest BCUT2D eigenvalue weighted by Gasteiger charge is 2.39. The Hall–Kier alpha value is -2.69. The van der Waals surface area contributed by atoms with E-state index >= 15 is 0 Å². The highest BCUT2D eigenvalue weighted by molar-refractivity contribution is 6.09. The average Bonchev–Trinajstić information content (AvgIpc) is 2.74. The van der Waals surface area contributed by atoms with Crippen molar-refractivity contribution in [2.24, 2.45) is 0 Å². The van der Waals surface area contributed by atoms with Gasteiger partial charge in [-0.2, -0.15) is 0 Å². The Bertz CT molecular complexity index is 873. The molecule has 0 radical (unpaired) electrons. The zero-order valence-corrected chi connectivity index (χ0v) is 13.8. The quantitative estimate of drug-likeness (QED) is 0.785. The molecule has 2 heterocycles. The van der Waals surface area contributed by atoms with Crippen LogP contribution >= 0.6 is 0 Å². The van der Waals surface area contributed by atoms with Crippen molar-refractivity contribution in [2.75, 3.05) is 0 Å². The van der Waals surface area contributed by atoms with Gasteiger partial charge >= 0.3 is 0 Å². The Morgan fingerprint density at radius 1 is 1.21 bits per heavy atom. The molecule has 2 aliphatic heterocycles. The highest BCUT2D eigenvalue weighted by atomic mass is 16.2. The maximum Gasteiger partial charge on any atom is 0.259 e. The van der Waals surface area contributed by atoms with E-state index in [1.807, 2.05) is 38.1 Å². The SMILES string of the molecule is CC.O=C1CCC(N2C(=O)c3cccc4c3=C2C=CCC=4)C(=O)N1.[HH]. The molecule has 1 aliphatic carbocycles. The second kappa shape index (κ2) is 6.43. The predicted octanol–water partition coefficient (Wildman–Crippen LogP) is 1.07. The minimum absolute atomic E-state index is 0. The van der Waals surface area contributed by atoms with Gasteiger partial charge in [-0.3, -0.25) is 24.6 Å². The third-order valence-electron chi connectivity index (χ3n) is 4.33. The number of hydrogen-bond donors (Lipinski definition) is 1. The maximum absolute atomic E-state index is 12.8. The van der Waals surface area contributed by atoms with Crippen molar-refractivity contribution < 1.29 is 15.8 Å². The molecule has 1 atom stereocenters. The average molecular weight is 326 g/mol. The van der Waals surface area contributed by atoms with Crippen molar-refractivity contribution in [3.8, 4) is 0 Å². The molecule has 5 heteroatoms. The van der Waals surface area contributed by atoms with Crippen LogP contribution in [0.25, 0.3) is 11.8 Å². The van der Waals surface area contributed by atoms with Gasteiger partial charge < -0.3 is 0 Å². The lowest BCUT2D eigenvalue weighted by atomic mass is 10.0. The lowest BCUT2D eigenvalue weighted by Gasteiger charge is -2.30. The van der Waals surface area contributed by atoms with E-state index in [1.165, 1.54) is 0 Å². The first-order valence-corrected chi connectivity index (χ1v) is 8.34. The summed E-state index contributed by atoms with van der Waals surface area (Å²) < 4.78 is 0. The third kappa shape index (κ3) is 2.46. The molecular formula is C19H22N2O3. The first-order valence-electron chi connectivity index (χ1n) is 8.34. The van der Waals surface area contributed by atoms with Crippen molar-refractivity contribution in [2.45, 2.75) is 39.2 Å². The molecule has 5 nitrogen and oxygen atoms in total. The number of piperidine rings is 1. The Balaban J connectivity index is 0.000000726. The summed E-state index contributed by atoms with van der Waals surface area (Å²) in [5.41, 5.74) is 1.39. The van der Waals surface area contributed by atoms with Gasteiger partial charge in [0.05, 0.1) is 5.70 Å².